The molecule has 1 aliphatic carbocycles. The first-order valence-corrected chi connectivity index (χ1v) is 8.47. The number of carbonyl (C=O) groups excluding carboxylic acids is 1. The topological polar surface area (TPSA) is 66.6 Å². The van der Waals surface area contributed by atoms with Crippen molar-refractivity contribution in [2.24, 2.45) is 5.73 Å². The van der Waals surface area contributed by atoms with Crippen LogP contribution in [0, 0.1) is 0 Å². The number of aliphatic hydroxyl groups is 1. The van der Waals surface area contributed by atoms with E-state index in [9.17, 15) is 9.90 Å². The van der Waals surface area contributed by atoms with Gasteiger partial charge in [-0.1, -0.05) is 35.9 Å². The summed E-state index contributed by atoms with van der Waals surface area (Å²) in [5.74, 6) is -0.418. The molecule has 1 saturated carbocycles. The molecule has 1 unspecified atom stereocenters. The van der Waals surface area contributed by atoms with Crippen LogP contribution < -0.4 is 5.73 Å². The van der Waals surface area contributed by atoms with Crippen molar-refractivity contribution >= 4 is 17.5 Å². The molecule has 2 aromatic rings. The molecule has 1 atom stereocenters. The van der Waals surface area contributed by atoms with E-state index in [1.807, 2.05) is 24.3 Å². The smallest absolute Gasteiger partial charge is 0.248 e. The van der Waals surface area contributed by atoms with Crippen LogP contribution in [0.2, 0.25) is 5.02 Å². The van der Waals surface area contributed by atoms with Crippen molar-refractivity contribution in [1.29, 1.82) is 0 Å². The van der Waals surface area contributed by atoms with E-state index < -0.39 is 12.0 Å². The number of carbonyl (C=O) groups is 1. The minimum atomic E-state index is -0.548. The number of primary amides is 1. The number of nitrogens with zero attached hydrogens (tertiary/aromatic N) is 1. The lowest BCUT2D eigenvalue weighted by Crippen LogP contribution is -2.30. The fraction of sp³-hybridized carbons (Fsp3) is 0.316. The van der Waals surface area contributed by atoms with E-state index in [-0.39, 0.29) is 0 Å². The zero-order chi connectivity index (χ0) is 17.1. The third kappa shape index (κ3) is 4.35. The number of halogens is 1. The van der Waals surface area contributed by atoms with Gasteiger partial charge < -0.3 is 10.8 Å². The molecule has 3 N–H and O–H groups in total. The average Bonchev–Trinajstić information content (AvgIpc) is 3.40. The number of nitrogens with two attached hydrogens (primary N) is 1. The molecule has 5 heteroatoms. The molecular formula is C19H21ClN2O2. The molecule has 0 saturated heterocycles. The SMILES string of the molecule is NC(=O)c1ccc(CN(CC(O)c2ccc(Cl)cc2)C2CC2)cc1. The van der Waals surface area contributed by atoms with Crippen LogP contribution in [-0.2, 0) is 6.54 Å². The van der Waals surface area contributed by atoms with Gasteiger partial charge in [-0.15, -0.1) is 0 Å². The van der Waals surface area contributed by atoms with Gasteiger partial charge >= 0.3 is 0 Å². The Bertz CT molecular complexity index is 696. The molecule has 2 aromatic carbocycles. The highest BCUT2D eigenvalue weighted by molar-refractivity contribution is 6.30. The van der Waals surface area contributed by atoms with Gasteiger partial charge in [-0.2, -0.15) is 0 Å². The third-order valence-electron chi connectivity index (χ3n) is 4.35. The van der Waals surface area contributed by atoms with Crippen molar-refractivity contribution in [3.8, 4) is 0 Å². The molecule has 0 aromatic heterocycles. The van der Waals surface area contributed by atoms with Gasteiger partial charge in [0.05, 0.1) is 6.10 Å². The quantitative estimate of drug-likeness (QED) is 0.811. The van der Waals surface area contributed by atoms with Gasteiger partial charge in [0.2, 0.25) is 5.91 Å². The molecule has 1 amide bonds. The maximum Gasteiger partial charge on any atom is 0.248 e. The number of aliphatic hydroxyl groups excluding tert-OH is 1. The number of hydrogen-bond acceptors (Lipinski definition) is 3. The second-order valence-electron chi connectivity index (χ2n) is 6.29. The molecular weight excluding hydrogens is 324 g/mol. The Morgan fingerprint density at radius 1 is 1.17 bits per heavy atom. The Balaban J connectivity index is 1.66. The summed E-state index contributed by atoms with van der Waals surface area (Å²) < 4.78 is 0. The number of rotatable bonds is 7. The largest absolute Gasteiger partial charge is 0.387 e. The Morgan fingerprint density at radius 3 is 2.33 bits per heavy atom. The third-order valence-corrected chi connectivity index (χ3v) is 4.60. The van der Waals surface area contributed by atoms with Crippen molar-refractivity contribution in [1.82, 2.24) is 4.90 Å². The van der Waals surface area contributed by atoms with Crippen LogP contribution in [-0.4, -0.2) is 28.5 Å². The maximum atomic E-state index is 11.1. The van der Waals surface area contributed by atoms with Crippen LogP contribution in [0.5, 0.6) is 0 Å². The predicted octanol–water partition coefficient (Wildman–Crippen LogP) is 3.14. The summed E-state index contributed by atoms with van der Waals surface area (Å²) >= 11 is 5.90. The fourth-order valence-electron chi connectivity index (χ4n) is 2.80. The molecule has 0 aliphatic heterocycles. The first-order chi connectivity index (χ1) is 11.5. The zero-order valence-electron chi connectivity index (χ0n) is 13.4. The minimum absolute atomic E-state index is 0.418. The van der Waals surface area contributed by atoms with Gasteiger partial charge in [0, 0.05) is 29.7 Å². The van der Waals surface area contributed by atoms with E-state index in [0.29, 0.717) is 23.2 Å². The van der Waals surface area contributed by atoms with Gasteiger partial charge in [-0.05, 0) is 48.2 Å². The normalized spacial score (nSPS) is 15.5. The van der Waals surface area contributed by atoms with Gasteiger partial charge in [0.15, 0.2) is 0 Å². The van der Waals surface area contributed by atoms with Crippen LogP contribution >= 0.6 is 11.6 Å². The second-order valence-corrected chi connectivity index (χ2v) is 6.73. The zero-order valence-corrected chi connectivity index (χ0v) is 14.1. The Hall–Kier alpha value is -1.88. The first kappa shape index (κ1) is 17.0. The maximum absolute atomic E-state index is 11.1. The van der Waals surface area contributed by atoms with Crippen molar-refractivity contribution in [3.05, 3.63) is 70.2 Å². The summed E-state index contributed by atoms with van der Waals surface area (Å²) in [5, 5.41) is 11.2. The summed E-state index contributed by atoms with van der Waals surface area (Å²) in [6.07, 6.45) is 1.77. The number of hydrogen-bond donors (Lipinski definition) is 2. The summed E-state index contributed by atoms with van der Waals surface area (Å²) in [6.45, 7) is 1.32. The Morgan fingerprint density at radius 2 is 1.79 bits per heavy atom. The van der Waals surface area contributed by atoms with Gasteiger partial charge in [0.25, 0.3) is 0 Å². The van der Waals surface area contributed by atoms with Crippen LogP contribution in [0.1, 0.15) is 40.4 Å². The second kappa shape index (κ2) is 7.34. The van der Waals surface area contributed by atoms with Crippen LogP contribution in [0.4, 0.5) is 0 Å². The van der Waals surface area contributed by atoms with Crippen molar-refractivity contribution in [2.45, 2.75) is 31.5 Å². The molecule has 0 bridgehead atoms. The lowest BCUT2D eigenvalue weighted by Gasteiger charge is -2.25. The van der Waals surface area contributed by atoms with Gasteiger partial charge in [-0.3, -0.25) is 9.69 Å². The van der Waals surface area contributed by atoms with Crippen molar-refractivity contribution in [2.75, 3.05) is 6.54 Å². The summed E-state index contributed by atoms with van der Waals surface area (Å²) in [6, 6.07) is 15.2. The highest BCUT2D eigenvalue weighted by atomic mass is 35.5. The number of benzene rings is 2. The van der Waals surface area contributed by atoms with Crippen LogP contribution in [0.3, 0.4) is 0 Å². The lowest BCUT2D eigenvalue weighted by atomic mass is 10.1. The standard InChI is InChI=1S/C19H21ClN2O2/c20-16-7-5-14(6-8-16)18(23)12-22(17-9-10-17)11-13-1-3-15(4-2-13)19(21)24/h1-8,17-18,23H,9-12H2,(H2,21,24). The molecule has 0 spiro atoms. The monoisotopic (exact) mass is 344 g/mol. The Kier molecular flexibility index (Phi) is 5.19. The van der Waals surface area contributed by atoms with E-state index in [4.69, 9.17) is 17.3 Å². The minimum Gasteiger partial charge on any atom is -0.387 e. The lowest BCUT2D eigenvalue weighted by molar-refractivity contribution is 0.100. The van der Waals surface area contributed by atoms with E-state index in [1.54, 1.807) is 24.3 Å². The van der Waals surface area contributed by atoms with Crippen molar-refractivity contribution < 1.29 is 9.90 Å². The van der Waals surface area contributed by atoms with Gasteiger partial charge in [0.1, 0.15) is 0 Å². The van der Waals surface area contributed by atoms with E-state index in [2.05, 4.69) is 4.90 Å². The summed E-state index contributed by atoms with van der Waals surface area (Å²) in [4.78, 5) is 13.4. The van der Waals surface area contributed by atoms with E-state index in [0.717, 1.165) is 30.5 Å². The molecule has 0 radical (unpaired) electrons. The van der Waals surface area contributed by atoms with Crippen LogP contribution in [0.15, 0.2) is 48.5 Å². The average molecular weight is 345 g/mol. The highest BCUT2D eigenvalue weighted by Gasteiger charge is 2.30. The summed E-state index contributed by atoms with van der Waals surface area (Å²) in [5.41, 5.74) is 7.76. The molecule has 126 valence electrons. The van der Waals surface area contributed by atoms with Gasteiger partial charge in [-0.25, -0.2) is 0 Å². The van der Waals surface area contributed by atoms with E-state index in [1.165, 1.54) is 0 Å². The molecule has 3 rings (SSSR count). The summed E-state index contributed by atoms with van der Waals surface area (Å²) in [7, 11) is 0. The highest BCUT2D eigenvalue weighted by Crippen LogP contribution is 2.30. The Labute approximate surface area is 146 Å². The van der Waals surface area contributed by atoms with Crippen molar-refractivity contribution in [3.63, 3.8) is 0 Å². The van der Waals surface area contributed by atoms with Crippen LogP contribution in [0.25, 0.3) is 0 Å². The predicted molar refractivity (Wildman–Crippen MR) is 94.8 cm³/mol. The fourth-order valence-corrected chi connectivity index (χ4v) is 2.93. The molecule has 4 nitrogen and oxygen atoms in total. The van der Waals surface area contributed by atoms with E-state index >= 15 is 0 Å². The molecule has 0 heterocycles. The first-order valence-electron chi connectivity index (χ1n) is 8.09. The molecule has 1 fully saturated rings. The number of amides is 1. The molecule has 1 aliphatic rings. The molecule has 24 heavy (non-hydrogen) atoms.